The van der Waals surface area contributed by atoms with Crippen LogP contribution >= 0.6 is 39.3 Å². The molecule has 0 saturated carbocycles. The number of carbonyl (C=O) groups is 1. The van der Waals surface area contributed by atoms with Gasteiger partial charge in [0.15, 0.2) is 0 Å². The lowest BCUT2D eigenvalue weighted by Crippen LogP contribution is -2.13. The molecule has 2 aromatic carbocycles. The number of halogens is 2. The molecule has 0 aliphatic carbocycles. The van der Waals surface area contributed by atoms with E-state index in [2.05, 4.69) is 21.2 Å². The minimum absolute atomic E-state index is 0.145. The van der Waals surface area contributed by atoms with Crippen molar-refractivity contribution in [3.8, 4) is 0 Å². The van der Waals surface area contributed by atoms with Crippen molar-refractivity contribution < 1.29 is 4.79 Å². The Hall–Kier alpha value is -0.970. The van der Waals surface area contributed by atoms with Crippen molar-refractivity contribution in [2.75, 3.05) is 11.6 Å². The topological polar surface area (TPSA) is 29.1 Å². The van der Waals surface area contributed by atoms with Crippen molar-refractivity contribution in [3.63, 3.8) is 0 Å². The lowest BCUT2D eigenvalue weighted by Gasteiger charge is -2.10. The van der Waals surface area contributed by atoms with Gasteiger partial charge >= 0.3 is 0 Å². The molecule has 1 amide bonds. The molecule has 1 N–H and O–H groups in total. The SMILES string of the molecule is CSc1ccccc1C(=O)Nc1cccc(Cl)c1Br. The van der Waals surface area contributed by atoms with Crippen LogP contribution in [0.2, 0.25) is 5.02 Å². The first-order chi connectivity index (χ1) is 9.13. The maximum absolute atomic E-state index is 12.3. The average Bonchev–Trinajstić information content (AvgIpc) is 2.43. The van der Waals surface area contributed by atoms with E-state index in [-0.39, 0.29) is 5.91 Å². The minimum atomic E-state index is -0.145. The molecule has 2 aromatic rings. The van der Waals surface area contributed by atoms with Gasteiger partial charge in [0.1, 0.15) is 0 Å². The van der Waals surface area contributed by atoms with Gasteiger partial charge in [-0.05, 0) is 46.5 Å². The summed E-state index contributed by atoms with van der Waals surface area (Å²) >= 11 is 10.9. The summed E-state index contributed by atoms with van der Waals surface area (Å²) in [6.07, 6.45) is 1.95. The summed E-state index contributed by atoms with van der Waals surface area (Å²) < 4.78 is 0.687. The number of amides is 1. The zero-order chi connectivity index (χ0) is 13.8. The van der Waals surface area contributed by atoms with Crippen molar-refractivity contribution >= 4 is 50.9 Å². The van der Waals surface area contributed by atoms with Gasteiger partial charge in [-0.3, -0.25) is 4.79 Å². The Labute approximate surface area is 129 Å². The molecule has 19 heavy (non-hydrogen) atoms. The van der Waals surface area contributed by atoms with Gasteiger partial charge in [0.05, 0.1) is 20.7 Å². The number of hydrogen-bond donors (Lipinski definition) is 1. The summed E-state index contributed by atoms with van der Waals surface area (Å²) in [7, 11) is 0. The maximum atomic E-state index is 12.3. The molecule has 2 nitrogen and oxygen atoms in total. The highest BCUT2D eigenvalue weighted by Crippen LogP contribution is 2.31. The number of carbonyl (C=O) groups excluding carboxylic acids is 1. The Morgan fingerprint density at radius 3 is 2.68 bits per heavy atom. The van der Waals surface area contributed by atoms with E-state index in [1.807, 2.05) is 24.5 Å². The van der Waals surface area contributed by atoms with Gasteiger partial charge in [0.2, 0.25) is 0 Å². The smallest absolute Gasteiger partial charge is 0.256 e. The molecule has 0 fully saturated rings. The fourth-order valence-electron chi connectivity index (χ4n) is 1.62. The normalized spacial score (nSPS) is 10.3. The van der Waals surface area contributed by atoms with Crippen LogP contribution in [0, 0.1) is 0 Å². The van der Waals surface area contributed by atoms with Crippen molar-refractivity contribution in [1.29, 1.82) is 0 Å². The maximum Gasteiger partial charge on any atom is 0.256 e. The van der Waals surface area contributed by atoms with Gasteiger partial charge in [-0.1, -0.05) is 29.8 Å². The first-order valence-corrected chi connectivity index (χ1v) is 7.91. The van der Waals surface area contributed by atoms with Crippen LogP contribution in [0.5, 0.6) is 0 Å². The minimum Gasteiger partial charge on any atom is -0.321 e. The molecule has 0 atom stereocenters. The summed E-state index contributed by atoms with van der Waals surface area (Å²) in [5.74, 6) is -0.145. The number of rotatable bonds is 3. The highest BCUT2D eigenvalue weighted by Gasteiger charge is 2.12. The molecule has 0 radical (unpaired) electrons. The molecule has 0 aliphatic heterocycles. The van der Waals surface area contributed by atoms with E-state index in [1.165, 1.54) is 0 Å². The number of thioether (sulfide) groups is 1. The van der Waals surface area contributed by atoms with Crippen molar-refractivity contribution in [3.05, 3.63) is 57.5 Å². The largest absolute Gasteiger partial charge is 0.321 e. The summed E-state index contributed by atoms with van der Waals surface area (Å²) in [6.45, 7) is 0. The Morgan fingerprint density at radius 2 is 1.95 bits per heavy atom. The molecule has 0 saturated heterocycles. The van der Waals surface area contributed by atoms with E-state index >= 15 is 0 Å². The van der Waals surface area contributed by atoms with Gasteiger partial charge in [-0.2, -0.15) is 0 Å². The molecule has 0 unspecified atom stereocenters. The van der Waals surface area contributed by atoms with Crippen LogP contribution in [0.4, 0.5) is 5.69 Å². The van der Waals surface area contributed by atoms with Crippen LogP contribution in [0.15, 0.2) is 51.8 Å². The Bertz CT molecular complexity index is 618. The van der Waals surface area contributed by atoms with Crippen LogP contribution < -0.4 is 5.32 Å². The van der Waals surface area contributed by atoms with Crippen LogP contribution in [0.25, 0.3) is 0 Å². The third-order valence-electron chi connectivity index (χ3n) is 2.55. The zero-order valence-electron chi connectivity index (χ0n) is 10.1. The Morgan fingerprint density at radius 1 is 1.21 bits per heavy atom. The van der Waals surface area contributed by atoms with Crippen LogP contribution in [0.1, 0.15) is 10.4 Å². The van der Waals surface area contributed by atoms with Gasteiger partial charge < -0.3 is 5.32 Å². The predicted octanol–water partition coefficient (Wildman–Crippen LogP) is 5.08. The number of anilines is 1. The van der Waals surface area contributed by atoms with Gasteiger partial charge in [0.25, 0.3) is 5.91 Å². The predicted molar refractivity (Wildman–Crippen MR) is 85.3 cm³/mol. The molecular weight excluding hydrogens is 346 g/mol. The summed E-state index contributed by atoms with van der Waals surface area (Å²) in [5, 5.41) is 3.42. The van der Waals surface area contributed by atoms with Gasteiger partial charge in [-0.25, -0.2) is 0 Å². The Balaban J connectivity index is 2.28. The van der Waals surface area contributed by atoms with E-state index in [0.717, 1.165) is 4.90 Å². The highest BCUT2D eigenvalue weighted by atomic mass is 79.9. The first kappa shape index (κ1) is 14.4. The van der Waals surface area contributed by atoms with Crippen molar-refractivity contribution in [1.82, 2.24) is 0 Å². The molecule has 0 spiro atoms. The first-order valence-electron chi connectivity index (χ1n) is 5.52. The zero-order valence-corrected chi connectivity index (χ0v) is 13.3. The molecule has 0 aromatic heterocycles. The van der Waals surface area contributed by atoms with E-state index in [1.54, 1.807) is 36.0 Å². The molecule has 0 bridgehead atoms. The average molecular weight is 357 g/mol. The lowest BCUT2D eigenvalue weighted by molar-refractivity contribution is 0.102. The van der Waals surface area contributed by atoms with Gasteiger partial charge in [0, 0.05) is 4.90 Å². The van der Waals surface area contributed by atoms with Crippen LogP contribution in [0.3, 0.4) is 0 Å². The quantitative estimate of drug-likeness (QED) is 0.777. The van der Waals surface area contributed by atoms with E-state index in [0.29, 0.717) is 20.7 Å². The number of hydrogen-bond acceptors (Lipinski definition) is 2. The summed E-state index contributed by atoms with van der Waals surface area (Å²) in [4.78, 5) is 13.2. The third kappa shape index (κ3) is 3.32. The summed E-state index contributed by atoms with van der Waals surface area (Å²) in [5.41, 5.74) is 1.32. The fourth-order valence-corrected chi connectivity index (χ4v) is 2.76. The second-order valence-corrected chi connectivity index (χ2v) is 5.80. The molecular formula is C14H11BrClNOS. The van der Waals surface area contributed by atoms with Crippen molar-refractivity contribution in [2.45, 2.75) is 4.90 Å². The summed E-state index contributed by atoms with van der Waals surface area (Å²) in [6, 6.07) is 12.8. The van der Waals surface area contributed by atoms with E-state index in [4.69, 9.17) is 11.6 Å². The van der Waals surface area contributed by atoms with E-state index in [9.17, 15) is 4.79 Å². The van der Waals surface area contributed by atoms with Crippen LogP contribution in [-0.2, 0) is 0 Å². The lowest BCUT2D eigenvalue weighted by atomic mass is 10.2. The third-order valence-corrected chi connectivity index (χ3v) is 4.74. The number of benzene rings is 2. The molecule has 2 rings (SSSR count). The molecule has 5 heteroatoms. The van der Waals surface area contributed by atoms with Gasteiger partial charge in [-0.15, -0.1) is 11.8 Å². The molecule has 0 heterocycles. The highest BCUT2D eigenvalue weighted by molar-refractivity contribution is 9.10. The Kier molecular flexibility index (Phi) is 4.91. The second-order valence-electron chi connectivity index (χ2n) is 3.76. The standard InChI is InChI=1S/C14H11BrClNOS/c1-19-12-8-3-2-5-9(12)14(18)17-11-7-4-6-10(16)13(11)15/h2-8H,1H3,(H,17,18). The van der Waals surface area contributed by atoms with E-state index < -0.39 is 0 Å². The number of nitrogens with one attached hydrogen (secondary N) is 1. The molecule has 0 aliphatic rings. The monoisotopic (exact) mass is 355 g/mol. The van der Waals surface area contributed by atoms with Crippen LogP contribution in [-0.4, -0.2) is 12.2 Å². The molecule has 98 valence electrons. The fraction of sp³-hybridized carbons (Fsp3) is 0.0714. The second kappa shape index (κ2) is 6.46. The van der Waals surface area contributed by atoms with Crippen molar-refractivity contribution in [2.24, 2.45) is 0 Å².